The van der Waals surface area contributed by atoms with E-state index in [1.54, 1.807) is 12.1 Å². The van der Waals surface area contributed by atoms with Crippen molar-refractivity contribution in [2.75, 3.05) is 18.0 Å². The minimum atomic E-state index is -0.828. The van der Waals surface area contributed by atoms with E-state index in [-0.39, 0.29) is 6.54 Å². The van der Waals surface area contributed by atoms with Crippen LogP contribution in [0.5, 0.6) is 0 Å². The molecule has 0 aliphatic carbocycles. The molecule has 1 rings (SSSR count). The summed E-state index contributed by atoms with van der Waals surface area (Å²) >= 11 is 5.94. The number of benzene rings is 1. The minimum Gasteiger partial charge on any atom is -0.480 e. The lowest BCUT2D eigenvalue weighted by atomic mass is 10.2. The molecule has 0 aliphatic heterocycles. The van der Waals surface area contributed by atoms with Gasteiger partial charge in [0.1, 0.15) is 6.54 Å². The first kappa shape index (κ1) is 15.6. The van der Waals surface area contributed by atoms with Crippen molar-refractivity contribution >= 4 is 23.3 Å². The third-order valence-corrected chi connectivity index (χ3v) is 3.07. The predicted octanol–water partition coefficient (Wildman–Crippen LogP) is 3.98. The van der Waals surface area contributed by atoms with E-state index in [0.29, 0.717) is 5.02 Å². The fraction of sp³-hybridized carbons (Fsp3) is 0.400. The number of hydrogen-bond acceptors (Lipinski definition) is 2. The van der Waals surface area contributed by atoms with Crippen molar-refractivity contribution in [3.8, 4) is 0 Å². The molecular weight excluding hydrogens is 262 g/mol. The maximum atomic E-state index is 10.9. The summed E-state index contributed by atoms with van der Waals surface area (Å²) in [6, 6.07) is 7.31. The normalized spacial score (nSPS) is 10.2. The molecule has 1 aromatic rings. The molecule has 0 aromatic heterocycles. The molecule has 0 fully saturated rings. The van der Waals surface area contributed by atoms with Gasteiger partial charge in [-0.1, -0.05) is 30.2 Å². The number of carboxylic acids is 1. The van der Waals surface area contributed by atoms with E-state index in [4.69, 9.17) is 16.7 Å². The molecule has 0 amide bonds. The summed E-state index contributed by atoms with van der Waals surface area (Å²) in [6.45, 7) is 4.42. The van der Waals surface area contributed by atoms with Gasteiger partial charge in [-0.25, -0.2) is 0 Å². The Labute approximate surface area is 119 Å². The molecule has 0 radical (unpaired) electrons. The Hall–Kier alpha value is -1.48. The van der Waals surface area contributed by atoms with Gasteiger partial charge < -0.3 is 10.0 Å². The van der Waals surface area contributed by atoms with Crippen LogP contribution in [0.2, 0.25) is 5.02 Å². The van der Waals surface area contributed by atoms with Crippen LogP contribution in [0.25, 0.3) is 0 Å². The van der Waals surface area contributed by atoms with E-state index in [0.717, 1.165) is 37.9 Å². The summed E-state index contributed by atoms with van der Waals surface area (Å²) in [7, 11) is 0. The summed E-state index contributed by atoms with van der Waals surface area (Å²) in [5.74, 6) is -0.828. The Morgan fingerprint density at radius 2 is 2.16 bits per heavy atom. The number of halogens is 1. The second-order valence-electron chi connectivity index (χ2n) is 4.43. The van der Waals surface area contributed by atoms with E-state index in [9.17, 15) is 4.79 Å². The maximum Gasteiger partial charge on any atom is 0.323 e. The lowest BCUT2D eigenvalue weighted by molar-refractivity contribution is -0.135. The quantitative estimate of drug-likeness (QED) is 0.550. The highest BCUT2D eigenvalue weighted by atomic mass is 35.5. The van der Waals surface area contributed by atoms with Crippen molar-refractivity contribution in [1.29, 1.82) is 0 Å². The Morgan fingerprint density at radius 3 is 2.79 bits per heavy atom. The van der Waals surface area contributed by atoms with Crippen LogP contribution < -0.4 is 4.90 Å². The van der Waals surface area contributed by atoms with E-state index in [1.807, 2.05) is 23.1 Å². The standard InChI is InChI=1S/C15H20ClNO2/c1-2-3-4-5-6-10-17(12-15(18)19)14-9-7-8-13(16)11-14/h2,7-9,11H,1,3-6,10,12H2,(H,18,19). The van der Waals surface area contributed by atoms with E-state index < -0.39 is 5.97 Å². The lowest BCUT2D eigenvalue weighted by Crippen LogP contribution is -2.30. The van der Waals surface area contributed by atoms with Crippen molar-refractivity contribution in [1.82, 2.24) is 0 Å². The van der Waals surface area contributed by atoms with Crippen LogP contribution >= 0.6 is 11.6 Å². The highest BCUT2D eigenvalue weighted by molar-refractivity contribution is 6.30. The third-order valence-electron chi connectivity index (χ3n) is 2.84. The van der Waals surface area contributed by atoms with Gasteiger partial charge in [-0.15, -0.1) is 6.58 Å². The predicted molar refractivity (Wildman–Crippen MR) is 80.0 cm³/mol. The number of aliphatic carboxylic acids is 1. The molecule has 104 valence electrons. The van der Waals surface area contributed by atoms with E-state index >= 15 is 0 Å². The molecule has 4 heteroatoms. The van der Waals surface area contributed by atoms with Crippen LogP contribution in [0.4, 0.5) is 5.69 Å². The van der Waals surface area contributed by atoms with Crippen LogP contribution in [0, 0.1) is 0 Å². The van der Waals surface area contributed by atoms with E-state index in [1.165, 1.54) is 0 Å². The number of carbonyl (C=O) groups is 1. The monoisotopic (exact) mass is 281 g/mol. The fourth-order valence-corrected chi connectivity index (χ4v) is 2.09. The van der Waals surface area contributed by atoms with Crippen LogP contribution in [0.15, 0.2) is 36.9 Å². The number of hydrogen-bond donors (Lipinski definition) is 1. The summed E-state index contributed by atoms with van der Waals surface area (Å²) in [4.78, 5) is 12.8. The van der Waals surface area contributed by atoms with Crippen LogP contribution in [0.1, 0.15) is 25.7 Å². The molecule has 19 heavy (non-hydrogen) atoms. The van der Waals surface area contributed by atoms with Crippen molar-refractivity contribution in [2.24, 2.45) is 0 Å². The number of allylic oxidation sites excluding steroid dienone is 1. The molecule has 1 aromatic carbocycles. The second-order valence-corrected chi connectivity index (χ2v) is 4.87. The van der Waals surface area contributed by atoms with Crippen molar-refractivity contribution < 1.29 is 9.90 Å². The topological polar surface area (TPSA) is 40.5 Å². The van der Waals surface area contributed by atoms with Crippen molar-refractivity contribution in [3.63, 3.8) is 0 Å². The van der Waals surface area contributed by atoms with Crippen molar-refractivity contribution in [2.45, 2.75) is 25.7 Å². The molecule has 0 aliphatic rings. The number of carboxylic acid groups (broad SMARTS) is 1. The van der Waals surface area contributed by atoms with E-state index in [2.05, 4.69) is 6.58 Å². The van der Waals surface area contributed by atoms with Gasteiger partial charge in [-0.05, 0) is 37.5 Å². The first-order valence-corrected chi connectivity index (χ1v) is 6.84. The molecule has 0 atom stereocenters. The second kappa shape index (κ2) is 8.59. The summed E-state index contributed by atoms with van der Waals surface area (Å²) in [5, 5.41) is 9.59. The number of unbranched alkanes of at least 4 members (excludes halogenated alkanes) is 3. The molecule has 0 unspecified atom stereocenters. The van der Waals surface area contributed by atoms with Gasteiger partial charge in [0.15, 0.2) is 0 Å². The van der Waals surface area contributed by atoms with Crippen LogP contribution in [0.3, 0.4) is 0 Å². The van der Waals surface area contributed by atoms with Gasteiger partial charge in [0.05, 0.1) is 0 Å². The summed E-state index contributed by atoms with van der Waals surface area (Å²) in [5.41, 5.74) is 0.860. The minimum absolute atomic E-state index is 0.00179. The third kappa shape index (κ3) is 6.30. The maximum absolute atomic E-state index is 10.9. The number of anilines is 1. The number of nitrogens with zero attached hydrogens (tertiary/aromatic N) is 1. The largest absolute Gasteiger partial charge is 0.480 e. The average Bonchev–Trinajstić information content (AvgIpc) is 2.36. The van der Waals surface area contributed by atoms with Gasteiger partial charge in [-0.3, -0.25) is 4.79 Å². The Kier molecular flexibility index (Phi) is 7.04. The molecule has 0 heterocycles. The highest BCUT2D eigenvalue weighted by Gasteiger charge is 2.10. The lowest BCUT2D eigenvalue weighted by Gasteiger charge is -2.23. The first-order chi connectivity index (χ1) is 9.13. The average molecular weight is 282 g/mol. The Morgan fingerprint density at radius 1 is 1.37 bits per heavy atom. The molecule has 1 N–H and O–H groups in total. The highest BCUT2D eigenvalue weighted by Crippen LogP contribution is 2.20. The molecule has 0 bridgehead atoms. The van der Waals surface area contributed by atoms with Crippen molar-refractivity contribution in [3.05, 3.63) is 41.9 Å². The number of rotatable bonds is 9. The molecule has 0 saturated carbocycles. The smallest absolute Gasteiger partial charge is 0.323 e. The molecule has 0 saturated heterocycles. The summed E-state index contributed by atoms with van der Waals surface area (Å²) < 4.78 is 0. The summed E-state index contributed by atoms with van der Waals surface area (Å²) in [6.07, 6.45) is 6.05. The fourth-order valence-electron chi connectivity index (χ4n) is 1.90. The zero-order chi connectivity index (χ0) is 14.1. The SMILES string of the molecule is C=CCCCCCN(CC(=O)O)c1cccc(Cl)c1. The van der Waals surface area contributed by atoms with Gasteiger partial charge in [-0.2, -0.15) is 0 Å². The van der Waals surface area contributed by atoms with Crippen LogP contribution in [-0.4, -0.2) is 24.2 Å². The first-order valence-electron chi connectivity index (χ1n) is 6.46. The van der Waals surface area contributed by atoms with Gasteiger partial charge >= 0.3 is 5.97 Å². The van der Waals surface area contributed by atoms with Gasteiger partial charge in [0.2, 0.25) is 0 Å². The van der Waals surface area contributed by atoms with Crippen LogP contribution in [-0.2, 0) is 4.79 Å². The van der Waals surface area contributed by atoms with Gasteiger partial charge in [0, 0.05) is 17.3 Å². The zero-order valence-electron chi connectivity index (χ0n) is 11.0. The zero-order valence-corrected chi connectivity index (χ0v) is 11.8. The molecule has 3 nitrogen and oxygen atoms in total. The molecular formula is C15H20ClNO2. The Balaban J connectivity index is 2.56. The molecule has 0 spiro atoms. The Bertz CT molecular complexity index is 420. The van der Waals surface area contributed by atoms with Gasteiger partial charge in [0.25, 0.3) is 0 Å².